The molecular formula is C14H14. The number of terminal acetylenes is 1. The number of benzene rings is 1. The average Bonchev–Trinajstić information content (AvgIpc) is 2.20. The highest BCUT2D eigenvalue weighted by Gasteiger charge is 2.00. The Hall–Kier alpha value is -1.66. The van der Waals surface area contributed by atoms with E-state index in [0.717, 1.165) is 0 Å². The summed E-state index contributed by atoms with van der Waals surface area (Å²) in [6, 6.07) is 8.34. The average molecular weight is 182 g/mol. The molecule has 0 aliphatic rings. The summed E-state index contributed by atoms with van der Waals surface area (Å²) in [6.45, 7) is 3.97. The molecular weight excluding hydrogens is 168 g/mol. The van der Waals surface area contributed by atoms with E-state index in [1.165, 1.54) is 11.1 Å². The largest absolute Gasteiger partial charge is 0.120 e. The van der Waals surface area contributed by atoms with Gasteiger partial charge >= 0.3 is 0 Å². The third kappa shape index (κ3) is 2.68. The molecule has 0 spiro atoms. The van der Waals surface area contributed by atoms with Crippen LogP contribution in [-0.2, 0) is 6.42 Å². The second-order valence-electron chi connectivity index (χ2n) is 3.24. The molecule has 1 unspecified atom stereocenters. The van der Waals surface area contributed by atoms with Crippen molar-refractivity contribution in [1.29, 1.82) is 0 Å². The standard InChI is InChI=1S/C14H14/c1-4-6-12(3)14-10-8-13(7-5-2)9-11-14/h2,8-12H,7H2,1,3H3. The zero-order chi connectivity index (χ0) is 10.4. The zero-order valence-corrected chi connectivity index (χ0v) is 8.67. The van der Waals surface area contributed by atoms with Crippen molar-refractivity contribution in [3.63, 3.8) is 0 Å². The monoisotopic (exact) mass is 182 g/mol. The molecule has 0 radical (unpaired) electrons. The fourth-order valence-electron chi connectivity index (χ4n) is 1.34. The van der Waals surface area contributed by atoms with Crippen LogP contribution in [0.15, 0.2) is 24.3 Å². The SMILES string of the molecule is C#CCc1ccc(C(C)C#CC)cc1. The Labute approximate surface area is 86.3 Å². The van der Waals surface area contributed by atoms with Gasteiger partial charge in [0, 0.05) is 12.3 Å². The molecule has 0 saturated carbocycles. The molecule has 0 heteroatoms. The van der Waals surface area contributed by atoms with E-state index in [1.807, 2.05) is 6.92 Å². The van der Waals surface area contributed by atoms with Gasteiger partial charge in [0.2, 0.25) is 0 Å². The van der Waals surface area contributed by atoms with Crippen molar-refractivity contribution in [3.05, 3.63) is 35.4 Å². The molecule has 14 heavy (non-hydrogen) atoms. The summed E-state index contributed by atoms with van der Waals surface area (Å²) < 4.78 is 0. The van der Waals surface area contributed by atoms with Crippen molar-refractivity contribution in [1.82, 2.24) is 0 Å². The summed E-state index contributed by atoms with van der Waals surface area (Å²) in [5.41, 5.74) is 2.44. The van der Waals surface area contributed by atoms with Gasteiger partial charge in [0.1, 0.15) is 0 Å². The van der Waals surface area contributed by atoms with Gasteiger partial charge < -0.3 is 0 Å². The predicted molar refractivity (Wildman–Crippen MR) is 60.8 cm³/mol. The van der Waals surface area contributed by atoms with E-state index in [4.69, 9.17) is 6.42 Å². The molecule has 1 aromatic carbocycles. The number of rotatable bonds is 2. The van der Waals surface area contributed by atoms with Crippen LogP contribution in [0.25, 0.3) is 0 Å². The summed E-state index contributed by atoms with van der Waals surface area (Å²) in [6.07, 6.45) is 5.94. The van der Waals surface area contributed by atoms with Crippen molar-refractivity contribution < 1.29 is 0 Å². The van der Waals surface area contributed by atoms with E-state index in [1.54, 1.807) is 0 Å². The molecule has 0 bridgehead atoms. The van der Waals surface area contributed by atoms with Gasteiger partial charge in [-0.3, -0.25) is 0 Å². The Balaban J connectivity index is 2.82. The summed E-state index contributed by atoms with van der Waals surface area (Å²) in [5.74, 6) is 8.98. The summed E-state index contributed by atoms with van der Waals surface area (Å²) in [7, 11) is 0. The van der Waals surface area contributed by atoms with Crippen molar-refractivity contribution >= 4 is 0 Å². The summed E-state index contributed by atoms with van der Waals surface area (Å²) in [5, 5.41) is 0. The minimum atomic E-state index is 0.305. The molecule has 1 aromatic rings. The van der Waals surface area contributed by atoms with Crippen molar-refractivity contribution in [2.75, 3.05) is 0 Å². The Morgan fingerprint density at radius 2 is 1.93 bits per heavy atom. The Morgan fingerprint density at radius 1 is 1.29 bits per heavy atom. The van der Waals surface area contributed by atoms with Crippen LogP contribution in [0.1, 0.15) is 30.9 Å². The van der Waals surface area contributed by atoms with Crippen molar-refractivity contribution in [2.24, 2.45) is 0 Å². The Bertz CT molecular complexity index is 379. The van der Waals surface area contributed by atoms with Crippen molar-refractivity contribution in [2.45, 2.75) is 26.2 Å². The van der Waals surface area contributed by atoms with E-state index >= 15 is 0 Å². The smallest absolute Gasteiger partial charge is 0.0424 e. The molecule has 0 aliphatic heterocycles. The van der Waals surface area contributed by atoms with E-state index in [0.29, 0.717) is 12.3 Å². The molecule has 0 N–H and O–H groups in total. The van der Waals surface area contributed by atoms with Gasteiger partial charge in [-0.05, 0) is 25.0 Å². The highest BCUT2D eigenvalue weighted by molar-refractivity contribution is 5.31. The van der Waals surface area contributed by atoms with Crippen LogP contribution < -0.4 is 0 Å². The minimum Gasteiger partial charge on any atom is -0.120 e. The first kappa shape index (κ1) is 10.4. The summed E-state index contributed by atoms with van der Waals surface area (Å²) in [4.78, 5) is 0. The van der Waals surface area contributed by atoms with Gasteiger partial charge in [-0.1, -0.05) is 30.2 Å². The van der Waals surface area contributed by atoms with Gasteiger partial charge in [-0.15, -0.1) is 18.3 Å². The Kier molecular flexibility index (Phi) is 3.84. The van der Waals surface area contributed by atoms with E-state index in [2.05, 4.69) is 49.0 Å². The first-order valence-corrected chi connectivity index (χ1v) is 4.72. The molecule has 0 heterocycles. The molecule has 1 rings (SSSR count). The Morgan fingerprint density at radius 3 is 2.43 bits per heavy atom. The van der Waals surface area contributed by atoms with Gasteiger partial charge in [-0.2, -0.15) is 0 Å². The second kappa shape index (κ2) is 5.15. The topological polar surface area (TPSA) is 0 Å². The van der Waals surface area contributed by atoms with Crippen LogP contribution >= 0.6 is 0 Å². The maximum Gasteiger partial charge on any atom is 0.0424 e. The molecule has 0 saturated heterocycles. The first-order valence-electron chi connectivity index (χ1n) is 4.72. The normalized spacial score (nSPS) is 10.9. The fraction of sp³-hybridized carbons (Fsp3) is 0.286. The van der Waals surface area contributed by atoms with E-state index in [9.17, 15) is 0 Å². The highest BCUT2D eigenvalue weighted by Crippen LogP contribution is 2.14. The lowest BCUT2D eigenvalue weighted by Crippen LogP contribution is -1.90. The third-order valence-electron chi connectivity index (χ3n) is 2.15. The van der Waals surface area contributed by atoms with Crippen LogP contribution in [0.5, 0.6) is 0 Å². The van der Waals surface area contributed by atoms with Crippen LogP contribution in [0.3, 0.4) is 0 Å². The van der Waals surface area contributed by atoms with E-state index in [-0.39, 0.29) is 0 Å². The van der Waals surface area contributed by atoms with Crippen molar-refractivity contribution in [3.8, 4) is 24.2 Å². The molecule has 70 valence electrons. The minimum absolute atomic E-state index is 0.305. The predicted octanol–water partition coefficient (Wildman–Crippen LogP) is 2.99. The van der Waals surface area contributed by atoms with Gasteiger partial charge in [0.25, 0.3) is 0 Å². The molecule has 1 atom stereocenters. The second-order valence-corrected chi connectivity index (χ2v) is 3.24. The van der Waals surface area contributed by atoms with Crippen LogP contribution in [0.2, 0.25) is 0 Å². The first-order chi connectivity index (χ1) is 6.77. The quantitative estimate of drug-likeness (QED) is 0.617. The van der Waals surface area contributed by atoms with Gasteiger partial charge in [0.15, 0.2) is 0 Å². The number of hydrogen-bond donors (Lipinski definition) is 0. The van der Waals surface area contributed by atoms with Gasteiger partial charge in [0.05, 0.1) is 0 Å². The molecule has 0 aliphatic carbocycles. The van der Waals surface area contributed by atoms with Crippen LogP contribution in [0.4, 0.5) is 0 Å². The zero-order valence-electron chi connectivity index (χ0n) is 8.67. The fourth-order valence-corrected chi connectivity index (χ4v) is 1.34. The lowest BCUT2D eigenvalue weighted by molar-refractivity contribution is 1.00. The molecule has 0 aromatic heterocycles. The lowest BCUT2D eigenvalue weighted by Gasteiger charge is -2.04. The maximum atomic E-state index is 5.23. The molecule has 0 amide bonds. The third-order valence-corrected chi connectivity index (χ3v) is 2.15. The van der Waals surface area contributed by atoms with Crippen LogP contribution in [0, 0.1) is 24.2 Å². The lowest BCUT2D eigenvalue weighted by atomic mass is 10.00. The van der Waals surface area contributed by atoms with Gasteiger partial charge in [-0.25, -0.2) is 0 Å². The molecule has 0 fully saturated rings. The molecule has 0 nitrogen and oxygen atoms in total. The van der Waals surface area contributed by atoms with E-state index < -0.39 is 0 Å². The number of hydrogen-bond acceptors (Lipinski definition) is 0. The maximum absolute atomic E-state index is 5.23. The van der Waals surface area contributed by atoms with Crippen LogP contribution in [-0.4, -0.2) is 0 Å². The summed E-state index contributed by atoms with van der Waals surface area (Å²) >= 11 is 0. The highest BCUT2D eigenvalue weighted by atomic mass is 14.0.